The number of aliphatic hydroxyl groups excluding tert-OH is 1. The second-order valence-electron chi connectivity index (χ2n) is 6.31. The van der Waals surface area contributed by atoms with Crippen molar-refractivity contribution in [2.75, 3.05) is 26.5 Å². The molecule has 124 valence electrons. The Labute approximate surface area is 132 Å². The zero-order chi connectivity index (χ0) is 16.9. The average molecular weight is 310 g/mol. The van der Waals surface area contributed by atoms with Crippen molar-refractivity contribution >= 4 is 11.8 Å². The Kier molecular flexibility index (Phi) is 6.20. The maximum Gasteiger partial charge on any atom is 0.412 e. The smallest absolute Gasteiger partial charge is 0.412 e. The standard InChI is InChI=1S/C16H26N2O4/c1-16(2,3)22-15(20)17-12-8-7-11(9-13(12)21-6)10-14(19)18(4)5/h7-9,14,19H,10H2,1-6H3,(H,17,20). The lowest BCUT2D eigenvalue weighted by Crippen LogP contribution is -2.29. The van der Waals surface area contributed by atoms with Crippen molar-refractivity contribution < 1.29 is 19.4 Å². The first-order valence-electron chi connectivity index (χ1n) is 7.14. The molecular weight excluding hydrogens is 284 g/mol. The number of aliphatic hydroxyl groups is 1. The third-order valence-corrected chi connectivity index (χ3v) is 2.92. The fraction of sp³-hybridized carbons (Fsp3) is 0.562. The van der Waals surface area contributed by atoms with Gasteiger partial charge in [0, 0.05) is 6.42 Å². The van der Waals surface area contributed by atoms with Crippen LogP contribution < -0.4 is 10.1 Å². The summed E-state index contributed by atoms with van der Waals surface area (Å²) in [7, 11) is 5.14. The van der Waals surface area contributed by atoms with Crippen molar-refractivity contribution in [3.63, 3.8) is 0 Å². The lowest BCUT2D eigenvalue weighted by atomic mass is 10.1. The number of amides is 1. The van der Waals surface area contributed by atoms with Crippen LogP contribution in [0.1, 0.15) is 26.3 Å². The summed E-state index contributed by atoms with van der Waals surface area (Å²) in [5, 5.41) is 12.5. The summed E-state index contributed by atoms with van der Waals surface area (Å²) in [5.41, 5.74) is 0.875. The number of nitrogens with one attached hydrogen (secondary N) is 1. The molecule has 1 atom stereocenters. The number of benzene rings is 1. The van der Waals surface area contributed by atoms with Crippen LogP contribution in [0, 0.1) is 0 Å². The first kappa shape index (κ1) is 18.3. The number of hydrogen-bond acceptors (Lipinski definition) is 5. The molecule has 22 heavy (non-hydrogen) atoms. The highest BCUT2D eigenvalue weighted by molar-refractivity contribution is 5.87. The molecule has 0 saturated carbocycles. The number of rotatable bonds is 5. The Hall–Kier alpha value is -1.79. The second kappa shape index (κ2) is 7.47. The van der Waals surface area contributed by atoms with E-state index in [1.165, 1.54) is 7.11 Å². The highest BCUT2D eigenvalue weighted by Crippen LogP contribution is 2.27. The summed E-state index contributed by atoms with van der Waals surface area (Å²) >= 11 is 0. The fourth-order valence-electron chi connectivity index (χ4n) is 1.77. The number of anilines is 1. The molecule has 0 bridgehead atoms. The minimum Gasteiger partial charge on any atom is -0.495 e. The van der Waals surface area contributed by atoms with Crippen LogP contribution in [-0.4, -0.2) is 49.1 Å². The van der Waals surface area contributed by atoms with E-state index < -0.39 is 17.9 Å². The number of carbonyl (C=O) groups excluding carboxylic acids is 1. The van der Waals surface area contributed by atoms with E-state index in [4.69, 9.17) is 9.47 Å². The number of carbonyl (C=O) groups is 1. The summed E-state index contributed by atoms with van der Waals surface area (Å²) in [6.07, 6.45) is -0.642. The van der Waals surface area contributed by atoms with E-state index in [2.05, 4.69) is 5.32 Å². The first-order chi connectivity index (χ1) is 10.1. The summed E-state index contributed by atoms with van der Waals surface area (Å²) in [6.45, 7) is 5.40. The van der Waals surface area contributed by atoms with Crippen molar-refractivity contribution in [3.8, 4) is 5.75 Å². The molecule has 1 aromatic carbocycles. The second-order valence-corrected chi connectivity index (χ2v) is 6.31. The van der Waals surface area contributed by atoms with Gasteiger partial charge in [-0.1, -0.05) is 6.07 Å². The van der Waals surface area contributed by atoms with Crippen LogP contribution in [0.25, 0.3) is 0 Å². The molecule has 6 nitrogen and oxygen atoms in total. The van der Waals surface area contributed by atoms with Gasteiger partial charge >= 0.3 is 6.09 Å². The van der Waals surface area contributed by atoms with E-state index in [0.717, 1.165) is 5.56 Å². The zero-order valence-electron chi connectivity index (χ0n) is 14.1. The summed E-state index contributed by atoms with van der Waals surface area (Å²) in [5.74, 6) is 0.523. The normalized spacial score (nSPS) is 12.9. The molecule has 0 aliphatic rings. The first-order valence-corrected chi connectivity index (χ1v) is 7.14. The lowest BCUT2D eigenvalue weighted by molar-refractivity contribution is 0.0412. The number of nitrogens with zero attached hydrogens (tertiary/aromatic N) is 1. The van der Waals surface area contributed by atoms with Crippen molar-refractivity contribution in [1.82, 2.24) is 4.90 Å². The van der Waals surface area contributed by atoms with Gasteiger partial charge in [-0.2, -0.15) is 0 Å². The van der Waals surface area contributed by atoms with Crippen LogP contribution in [0.2, 0.25) is 0 Å². The Balaban J connectivity index is 2.83. The molecule has 0 aliphatic carbocycles. The number of methoxy groups -OCH3 is 1. The maximum absolute atomic E-state index is 11.8. The van der Waals surface area contributed by atoms with E-state index in [0.29, 0.717) is 17.9 Å². The van der Waals surface area contributed by atoms with E-state index >= 15 is 0 Å². The fourth-order valence-corrected chi connectivity index (χ4v) is 1.77. The van der Waals surface area contributed by atoms with Gasteiger partial charge < -0.3 is 14.6 Å². The highest BCUT2D eigenvalue weighted by atomic mass is 16.6. The molecule has 0 radical (unpaired) electrons. The van der Waals surface area contributed by atoms with Crippen LogP contribution in [0.15, 0.2) is 18.2 Å². The number of ether oxygens (including phenoxy) is 2. The van der Waals surface area contributed by atoms with E-state index in [1.807, 2.05) is 6.07 Å². The Bertz CT molecular complexity index is 509. The van der Waals surface area contributed by atoms with Crippen LogP contribution in [0.3, 0.4) is 0 Å². The van der Waals surface area contributed by atoms with E-state index in [1.54, 1.807) is 51.9 Å². The minimum atomic E-state index is -0.575. The molecule has 0 aliphatic heterocycles. The van der Waals surface area contributed by atoms with Gasteiger partial charge in [-0.05, 0) is 52.6 Å². The molecule has 0 fully saturated rings. The van der Waals surface area contributed by atoms with Crippen LogP contribution in [-0.2, 0) is 11.2 Å². The number of likely N-dealkylation sites (N-methyl/N-ethyl adjacent to an activating group) is 1. The molecule has 0 saturated heterocycles. The quantitative estimate of drug-likeness (QED) is 0.818. The molecule has 1 unspecified atom stereocenters. The molecule has 0 aromatic heterocycles. The van der Waals surface area contributed by atoms with Gasteiger partial charge in [-0.3, -0.25) is 10.2 Å². The van der Waals surface area contributed by atoms with Gasteiger partial charge in [0.1, 0.15) is 17.6 Å². The van der Waals surface area contributed by atoms with E-state index in [-0.39, 0.29) is 0 Å². The molecule has 1 amide bonds. The van der Waals surface area contributed by atoms with Crippen molar-refractivity contribution in [3.05, 3.63) is 23.8 Å². The molecule has 1 rings (SSSR count). The maximum atomic E-state index is 11.8. The molecule has 0 spiro atoms. The third-order valence-electron chi connectivity index (χ3n) is 2.92. The Morgan fingerprint density at radius 3 is 2.50 bits per heavy atom. The van der Waals surface area contributed by atoms with Gasteiger partial charge in [0.05, 0.1) is 12.8 Å². The van der Waals surface area contributed by atoms with Crippen LogP contribution in [0.5, 0.6) is 5.75 Å². The topological polar surface area (TPSA) is 71.0 Å². The van der Waals surface area contributed by atoms with Gasteiger partial charge in [-0.15, -0.1) is 0 Å². The third kappa shape index (κ3) is 5.91. The largest absolute Gasteiger partial charge is 0.495 e. The molecule has 0 heterocycles. The zero-order valence-corrected chi connectivity index (χ0v) is 14.1. The average Bonchev–Trinajstić information content (AvgIpc) is 2.38. The lowest BCUT2D eigenvalue weighted by Gasteiger charge is -2.21. The molecule has 2 N–H and O–H groups in total. The van der Waals surface area contributed by atoms with E-state index in [9.17, 15) is 9.90 Å². The molecular formula is C16H26N2O4. The van der Waals surface area contributed by atoms with Gasteiger partial charge in [0.2, 0.25) is 0 Å². The Morgan fingerprint density at radius 1 is 1.36 bits per heavy atom. The van der Waals surface area contributed by atoms with Crippen molar-refractivity contribution in [2.45, 2.75) is 39.0 Å². The van der Waals surface area contributed by atoms with Crippen molar-refractivity contribution in [2.24, 2.45) is 0 Å². The van der Waals surface area contributed by atoms with Crippen LogP contribution in [0.4, 0.5) is 10.5 Å². The van der Waals surface area contributed by atoms with Crippen molar-refractivity contribution in [1.29, 1.82) is 0 Å². The minimum absolute atomic E-state index is 0.468. The van der Waals surface area contributed by atoms with Crippen LogP contribution >= 0.6 is 0 Å². The highest BCUT2D eigenvalue weighted by Gasteiger charge is 2.18. The monoisotopic (exact) mass is 310 g/mol. The number of hydrogen-bond donors (Lipinski definition) is 2. The predicted molar refractivity (Wildman–Crippen MR) is 86.2 cm³/mol. The van der Waals surface area contributed by atoms with Gasteiger partial charge in [-0.25, -0.2) is 4.79 Å². The summed E-state index contributed by atoms with van der Waals surface area (Å²) in [6, 6.07) is 5.36. The predicted octanol–water partition coefficient (Wildman–Crippen LogP) is 2.46. The Morgan fingerprint density at radius 2 is 2.00 bits per heavy atom. The molecule has 1 aromatic rings. The summed E-state index contributed by atoms with van der Waals surface area (Å²) in [4.78, 5) is 13.5. The summed E-state index contributed by atoms with van der Waals surface area (Å²) < 4.78 is 10.5. The molecule has 6 heteroatoms. The van der Waals surface area contributed by atoms with Gasteiger partial charge in [0.25, 0.3) is 0 Å². The van der Waals surface area contributed by atoms with Gasteiger partial charge in [0.15, 0.2) is 0 Å². The SMILES string of the molecule is COc1cc(CC(O)N(C)C)ccc1NC(=O)OC(C)(C)C.